The first-order valence-corrected chi connectivity index (χ1v) is 12.7. The van der Waals surface area contributed by atoms with Crippen LogP contribution in [0.1, 0.15) is 98.8 Å². The number of hydrogen-bond acceptors (Lipinski definition) is 1. The number of allylic oxidation sites excluding steroid dienone is 1. The molecule has 3 heteroatoms. The first-order chi connectivity index (χ1) is 14.0. The van der Waals surface area contributed by atoms with E-state index in [0.717, 1.165) is 25.2 Å². The van der Waals surface area contributed by atoms with Crippen molar-refractivity contribution in [3.63, 3.8) is 0 Å². The zero-order chi connectivity index (χ0) is 21.9. The van der Waals surface area contributed by atoms with Crippen LogP contribution >= 0.6 is 0 Å². The summed E-state index contributed by atoms with van der Waals surface area (Å²) < 4.78 is 28.1. The van der Waals surface area contributed by atoms with Gasteiger partial charge >= 0.3 is 0 Å². The van der Waals surface area contributed by atoms with Crippen LogP contribution in [0.15, 0.2) is 11.6 Å². The Labute approximate surface area is 183 Å². The van der Waals surface area contributed by atoms with E-state index in [-0.39, 0.29) is 5.41 Å². The van der Waals surface area contributed by atoms with Crippen molar-refractivity contribution in [3.05, 3.63) is 11.6 Å². The number of hydrogen-bond donors (Lipinski definition) is 1. The summed E-state index contributed by atoms with van der Waals surface area (Å²) in [7, 11) is 0. The fraction of sp³-hybridized carbons (Fsp3) is 0.926. The predicted molar refractivity (Wildman–Crippen MR) is 120 cm³/mol. The lowest BCUT2D eigenvalue weighted by Crippen LogP contribution is -2.55. The van der Waals surface area contributed by atoms with Gasteiger partial charge in [0.2, 0.25) is 0 Å². The van der Waals surface area contributed by atoms with Gasteiger partial charge in [-0.15, -0.1) is 0 Å². The molecule has 3 fully saturated rings. The molecule has 0 aliphatic heterocycles. The topological polar surface area (TPSA) is 20.2 Å². The minimum absolute atomic E-state index is 0.219. The highest BCUT2D eigenvalue weighted by Gasteiger charge is 2.60. The van der Waals surface area contributed by atoms with Gasteiger partial charge in [0.05, 0.1) is 6.10 Å². The first kappa shape index (κ1) is 22.7. The van der Waals surface area contributed by atoms with Gasteiger partial charge in [0.15, 0.2) is 0 Å². The summed E-state index contributed by atoms with van der Waals surface area (Å²) >= 11 is 0. The van der Waals surface area contributed by atoms with E-state index in [9.17, 15) is 13.9 Å². The fourth-order valence-corrected chi connectivity index (χ4v) is 8.69. The SMILES string of the molecule is C[C@H](CCCC(C)(C)F)[C@H]1CC[C@H]2[C@@H]3CC=C4C[C@@H](F)C[C@H](O)[C@]4(C)[C@H]3CC[C@]12C. The van der Waals surface area contributed by atoms with Gasteiger partial charge in [-0.3, -0.25) is 0 Å². The van der Waals surface area contributed by atoms with E-state index < -0.39 is 17.9 Å². The number of aliphatic hydroxyl groups excluding tert-OH is 1. The Morgan fingerprint density at radius 3 is 2.63 bits per heavy atom. The third-order valence-corrected chi connectivity index (χ3v) is 10.3. The smallest absolute Gasteiger partial charge is 0.106 e. The lowest BCUT2D eigenvalue weighted by atomic mass is 9.46. The normalized spacial score (nSPS) is 47.1. The number of alkyl halides is 2. The molecule has 0 aromatic heterocycles. The van der Waals surface area contributed by atoms with Crippen LogP contribution in [0.4, 0.5) is 8.78 Å². The van der Waals surface area contributed by atoms with Crippen molar-refractivity contribution in [2.45, 2.75) is 117 Å². The molecule has 4 aliphatic rings. The lowest BCUT2D eigenvalue weighted by Gasteiger charge is -2.59. The standard InChI is InChI=1S/C27H44F2O/c1-17(7-6-13-25(2,3)29)21-10-11-22-20-9-8-18-15-19(28)16-24(30)27(18,5)23(20)12-14-26(21,22)4/h8,17,19-24,30H,6-7,9-16H2,1-5H3/t17-,19-,20+,21-,22+,23+,24+,26-,27+/m1/s1. The van der Waals surface area contributed by atoms with Crippen molar-refractivity contribution in [3.8, 4) is 0 Å². The fourth-order valence-electron chi connectivity index (χ4n) is 8.69. The van der Waals surface area contributed by atoms with E-state index in [2.05, 4.69) is 26.8 Å². The van der Waals surface area contributed by atoms with Crippen LogP contribution in [0.25, 0.3) is 0 Å². The summed E-state index contributed by atoms with van der Waals surface area (Å²) in [5.74, 6) is 3.23. The molecule has 3 saturated carbocycles. The number of rotatable bonds is 5. The Kier molecular flexibility index (Phi) is 5.95. The van der Waals surface area contributed by atoms with Gasteiger partial charge in [-0.05, 0) is 87.4 Å². The molecule has 0 bridgehead atoms. The largest absolute Gasteiger partial charge is 0.392 e. The number of fused-ring (bicyclic) bond motifs is 5. The van der Waals surface area contributed by atoms with Crippen molar-refractivity contribution in [1.29, 1.82) is 0 Å². The van der Waals surface area contributed by atoms with Gasteiger partial charge in [0, 0.05) is 18.3 Å². The molecule has 4 rings (SSSR count). The molecular weight excluding hydrogens is 378 g/mol. The van der Waals surface area contributed by atoms with Crippen LogP contribution in [-0.2, 0) is 0 Å². The van der Waals surface area contributed by atoms with E-state index in [0.29, 0.717) is 48.3 Å². The maximum atomic E-state index is 14.2. The molecule has 0 heterocycles. The van der Waals surface area contributed by atoms with E-state index in [1.807, 2.05) is 0 Å². The molecule has 0 radical (unpaired) electrons. The zero-order valence-electron chi connectivity index (χ0n) is 19.9. The van der Waals surface area contributed by atoms with Crippen molar-refractivity contribution in [1.82, 2.24) is 0 Å². The number of aliphatic hydroxyl groups is 1. The molecule has 0 spiro atoms. The van der Waals surface area contributed by atoms with Crippen LogP contribution in [0.3, 0.4) is 0 Å². The summed E-state index contributed by atoms with van der Waals surface area (Å²) in [6.07, 6.45) is 10.6. The van der Waals surface area contributed by atoms with Gasteiger partial charge in [0.25, 0.3) is 0 Å². The quantitative estimate of drug-likeness (QED) is 0.457. The van der Waals surface area contributed by atoms with Gasteiger partial charge in [-0.2, -0.15) is 0 Å². The second-order valence-electron chi connectivity index (χ2n) is 12.5. The molecule has 4 aliphatic carbocycles. The van der Waals surface area contributed by atoms with Crippen molar-refractivity contribution in [2.75, 3.05) is 0 Å². The van der Waals surface area contributed by atoms with Crippen LogP contribution in [0, 0.1) is 40.4 Å². The van der Waals surface area contributed by atoms with E-state index in [1.54, 1.807) is 13.8 Å². The minimum atomic E-state index is -1.05. The summed E-state index contributed by atoms with van der Waals surface area (Å²) in [4.78, 5) is 0. The summed E-state index contributed by atoms with van der Waals surface area (Å²) in [5, 5.41) is 11.0. The Balaban J connectivity index is 1.50. The molecule has 9 atom stereocenters. The third kappa shape index (κ3) is 3.69. The first-order valence-electron chi connectivity index (χ1n) is 12.7. The monoisotopic (exact) mass is 422 g/mol. The number of halogens is 2. The molecule has 0 saturated heterocycles. The summed E-state index contributed by atoms with van der Waals surface area (Å²) in [6.45, 7) is 10.6. The summed E-state index contributed by atoms with van der Waals surface area (Å²) in [6, 6.07) is 0. The lowest BCUT2D eigenvalue weighted by molar-refractivity contribution is -0.101. The van der Waals surface area contributed by atoms with E-state index in [1.165, 1.54) is 31.3 Å². The Morgan fingerprint density at radius 1 is 1.20 bits per heavy atom. The Bertz CT molecular complexity index is 666. The molecule has 0 aromatic rings. The highest BCUT2D eigenvalue weighted by molar-refractivity contribution is 5.27. The second kappa shape index (κ2) is 7.85. The average molecular weight is 423 g/mol. The van der Waals surface area contributed by atoms with Crippen molar-refractivity contribution in [2.24, 2.45) is 40.4 Å². The molecule has 172 valence electrons. The van der Waals surface area contributed by atoms with Gasteiger partial charge in [-0.25, -0.2) is 8.78 Å². The van der Waals surface area contributed by atoms with Gasteiger partial charge in [0.1, 0.15) is 11.8 Å². The Hall–Kier alpha value is -0.440. The van der Waals surface area contributed by atoms with Crippen LogP contribution in [0.5, 0.6) is 0 Å². The van der Waals surface area contributed by atoms with E-state index in [4.69, 9.17) is 0 Å². The summed E-state index contributed by atoms with van der Waals surface area (Å²) in [5.41, 5.74) is 0.301. The van der Waals surface area contributed by atoms with Crippen LogP contribution in [0.2, 0.25) is 0 Å². The second-order valence-corrected chi connectivity index (χ2v) is 12.5. The highest BCUT2D eigenvalue weighted by Crippen LogP contribution is 2.67. The minimum Gasteiger partial charge on any atom is -0.392 e. The molecule has 1 N–H and O–H groups in total. The van der Waals surface area contributed by atoms with Gasteiger partial charge < -0.3 is 5.11 Å². The predicted octanol–water partition coefficient (Wildman–Crippen LogP) is 7.43. The molecule has 0 amide bonds. The van der Waals surface area contributed by atoms with Crippen LogP contribution < -0.4 is 0 Å². The average Bonchev–Trinajstić information content (AvgIpc) is 2.99. The molecule has 1 nitrogen and oxygen atoms in total. The maximum Gasteiger partial charge on any atom is 0.106 e. The molecule has 0 aromatic carbocycles. The van der Waals surface area contributed by atoms with Gasteiger partial charge in [-0.1, -0.05) is 45.3 Å². The van der Waals surface area contributed by atoms with Crippen LogP contribution in [-0.4, -0.2) is 23.1 Å². The molecular formula is C27H44F2O. The van der Waals surface area contributed by atoms with E-state index >= 15 is 0 Å². The Morgan fingerprint density at radius 2 is 1.93 bits per heavy atom. The highest BCUT2D eigenvalue weighted by atomic mass is 19.1. The molecule has 0 unspecified atom stereocenters. The molecule has 30 heavy (non-hydrogen) atoms. The van der Waals surface area contributed by atoms with Crippen molar-refractivity contribution < 1.29 is 13.9 Å². The zero-order valence-corrected chi connectivity index (χ0v) is 19.9. The third-order valence-electron chi connectivity index (χ3n) is 10.3. The maximum absolute atomic E-state index is 14.2. The van der Waals surface area contributed by atoms with Crippen molar-refractivity contribution >= 4 is 0 Å².